The highest BCUT2D eigenvalue weighted by atomic mass is 15.2. The molecular formula is C14H28N2. The largest absolute Gasteiger partial charge is 0.306 e. The fraction of sp³-hybridized carbons (Fsp3) is 1.00. The Morgan fingerprint density at radius 3 is 2.12 bits per heavy atom. The van der Waals surface area contributed by atoms with Gasteiger partial charge in [0, 0.05) is 18.6 Å². The standard InChI is InChI=1S/C14H28N2/c1-13(2,3)16-10-6-8-14(12-16)7-5-9-15(4)11-14/h5-12H2,1-4H3. The van der Waals surface area contributed by atoms with E-state index in [0.717, 1.165) is 0 Å². The molecule has 0 N–H and O–H groups in total. The zero-order valence-electron chi connectivity index (χ0n) is 11.6. The first-order chi connectivity index (χ1) is 7.41. The van der Waals surface area contributed by atoms with Crippen LogP contribution in [0.5, 0.6) is 0 Å². The molecule has 1 unspecified atom stereocenters. The van der Waals surface area contributed by atoms with Gasteiger partial charge in [-0.3, -0.25) is 4.90 Å². The van der Waals surface area contributed by atoms with Gasteiger partial charge in [-0.1, -0.05) is 0 Å². The summed E-state index contributed by atoms with van der Waals surface area (Å²) in [5.74, 6) is 0. The molecular weight excluding hydrogens is 196 g/mol. The Bertz CT molecular complexity index is 240. The van der Waals surface area contributed by atoms with Gasteiger partial charge in [-0.25, -0.2) is 0 Å². The van der Waals surface area contributed by atoms with E-state index in [9.17, 15) is 0 Å². The van der Waals surface area contributed by atoms with E-state index in [1.54, 1.807) is 0 Å². The molecule has 0 amide bonds. The van der Waals surface area contributed by atoms with Crippen LogP contribution in [0.3, 0.4) is 0 Å². The summed E-state index contributed by atoms with van der Waals surface area (Å²) in [6.07, 6.45) is 5.69. The second-order valence-corrected chi connectivity index (χ2v) is 7.04. The molecule has 16 heavy (non-hydrogen) atoms. The number of nitrogens with zero attached hydrogens (tertiary/aromatic N) is 2. The molecule has 0 aromatic carbocycles. The van der Waals surface area contributed by atoms with Gasteiger partial charge in [-0.2, -0.15) is 0 Å². The second kappa shape index (κ2) is 4.30. The van der Waals surface area contributed by atoms with Crippen molar-refractivity contribution in [2.24, 2.45) is 5.41 Å². The molecule has 1 atom stereocenters. The topological polar surface area (TPSA) is 6.48 Å². The first-order valence-electron chi connectivity index (χ1n) is 6.85. The first-order valence-corrected chi connectivity index (χ1v) is 6.85. The Morgan fingerprint density at radius 1 is 0.938 bits per heavy atom. The van der Waals surface area contributed by atoms with Crippen molar-refractivity contribution in [3.63, 3.8) is 0 Å². The second-order valence-electron chi connectivity index (χ2n) is 7.04. The quantitative estimate of drug-likeness (QED) is 0.624. The lowest BCUT2D eigenvalue weighted by Gasteiger charge is -2.51. The molecule has 0 aliphatic carbocycles. The minimum Gasteiger partial charge on any atom is -0.306 e. The van der Waals surface area contributed by atoms with Crippen molar-refractivity contribution in [3.8, 4) is 0 Å². The number of hydrogen-bond acceptors (Lipinski definition) is 2. The minimum atomic E-state index is 0.351. The van der Waals surface area contributed by atoms with Crippen molar-refractivity contribution in [3.05, 3.63) is 0 Å². The molecule has 2 rings (SSSR count). The van der Waals surface area contributed by atoms with E-state index in [2.05, 4.69) is 37.6 Å². The molecule has 0 bridgehead atoms. The maximum atomic E-state index is 2.70. The number of likely N-dealkylation sites (tertiary alicyclic amines) is 2. The minimum absolute atomic E-state index is 0.351. The summed E-state index contributed by atoms with van der Waals surface area (Å²) < 4.78 is 0. The molecule has 2 aliphatic heterocycles. The van der Waals surface area contributed by atoms with Gasteiger partial charge in [0.2, 0.25) is 0 Å². The lowest BCUT2D eigenvalue weighted by molar-refractivity contribution is -0.0142. The first kappa shape index (κ1) is 12.4. The monoisotopic (exact) mass is 224 g/mol. The normalized spacial score (nSPS) is 34.5. The third kappa shape index (κ3) is 2.60. The van der Waals surface area contributed by atoms with E-state index in [1.807, 2.05) is 0 Å². The summed E-state index contributed by atoms with van der Waals surface area (Å²) in [5, 5.41) is 0. The number of piperidine rings is 2. The van der Waals surface area contributed by atoms with Gasteiger partial charge >= 0.3 is 0 Å². The molecule has 2 saturated heterocycles. The number of rotatable bonds is 0. The zero-order chi connectivity index (χ0) is 11.8. The summed E-state index contributed by atoms with van der Waals surface area (Å²) in [6, 6.07) is 0. The van der Waals surface area contributed by atoms with Crippen LogP contribution in [0, 0.1) is 5.41 Å². The predicted molar refractivity (Wildman–Crippen MR) is 69.7 cm³/mol. The molecule has 2 fully saturated rings. The summed E-state index contributed by atoms with van der Waals surface area (Å²) in [4.78, 5) is 5.24. The van der Waals surface area contributed by atoms with Crippen LogP contribution in [0.25, 0.3) is 0 Å². The van der Waals surface area contributed by atoms with Crippen LogP contribution in [0.15, 0.2) is 0 Å². The average Bonchev–Trinajstić information content (AvgIpc) is 2.16. The van der Waals surface area contributed by atoms with Crippen LogP contribution in [-0.2, 0) is 0 Å². The molecule has 94 valence electrons. The van der Waals surface area contributed by atoms with Crippen molar-refractivity contribution in [2.75, 3.05) is 33.2 Å². The SMILES string of the molecule is CN1CCCC2(CCCN(C(C)(C)C)C2)C1. The lowest BCUT2D eigenvalue weighted by atomic mass is 9.73. The predicted octanol–water partition coefficient (Wildman–Crippen LogP) is 2.59. The maximum Gasteiger partial charge on any atom is 0.0125 e. The van der Waals surface area contributed by atoms with Gasteiger partial charge in [-0.15, -0.1) is 0 Å². The lowest BCUT2D eigenvalue weighted by Crippen LogP contribution is -2.56. The van der Waals surface area contributed by atoms with Crippen molar-refractivity contribution < 1.29 is 0 Å². The fourth-order valence-corrected chi connectivity index (χ4v) is 3.57. The number of hydrogen-bond donors (Lipinski definition) is 0. The Kier molecular flexibility index (Phi) is 3.33. The summed E-state index contributed by atoms with van der Waals surface area (Å²) in [5.41, 5.74) is 0.960. The molecule has 2 aliphatic rings. The Balaban J connectivity index is 2.05. The molecule has 0 saturated carbocycles. The van der Waals surface area contributed by atoms with Crippen LogP contribution in [0.1, 0.15) is 46.5 Å². The van der Waals surface area contributed by atoms with Crippen molar-refractivity contribution in [2.45, 2.75) is 52.0 Å². The fourth-order valence-electron chi connectivity index (χ4n) is 3.57. The summed E-state index contributed by atoms with van der Waals surface area (Å²) in [7, 11) is 2.29. The van der Waals surface area contributed by atoms with Crippen LogP contribution < -0.4 is 0 Å². The third-order valence-corrected chi connectivity index (χ3v) is 4.46. The van der Waals surface area contributed by atoms with Gasteiger partial charge in [-0.05, 0) is 72.0 Å². The van der Waals surface area contributed by atoms with Crippen molar-refractivity contribution >= 4 is 0 Å². The molecule has 0 radical (unpaired) electrons. The Hall–Kier alpha value is -0.0800. The third-order valence-electron chi connectivity index (χ3n) is 4.46. The van der Waals surface area contributed by atoms with Gasteiger partial charge in [0.15, 0.2) is 0 Å². The van der Waals surface area contributed by atoms with Gasteiger partial charge < -0.3 is 4.90 Å². The van der Waals surface area contributed by atoms with Crippen LogP contribution in [-0.4, -0.2) is 48.6 Å². The van der Waals surface area contributed by atoms with Crippen molar-refractivity contribution in [1.29, 1.82) is 0 Å². The Labute approximate surface area is 101 Å². The zero-order valence-corrected chi connectivity index (χ0v) is 11.6. The van der Waals surface area contributed by atoms with Gasteiger partial charge in [0.05, 0.1) is 0 Å². The van der Waals surface area contributed by atoms with E-state index in [1.165, 1.54) is 51.9 Å². The van der Waals surface area contributed by atoms with Crippen LogP contribution in [0.4, 0.5) is 0 Å². The maximum absolute atomic E-state index is 2.70. The van der Waals surface area contributed by atoms with Crippen LogP contribution in [0.2, 0.25) is 0 Å². The van der Waals surface area contributed by atoms with E-state index in [-0.39, 0.29) is 0 Å². The van der Waals surface area contributed by atoms with E-state index >= 15 is 0 Å². The highest BCUT2D eigenvalue weighted by molar-refractivity contribution is 4.94. The summed E-state index contributed by atoms with van der Waals surface area (Å²) in [6.45, 7) is 12.3. The molecule has 2 nitrogen and oxygen atoms in total. The van der Waals surface area contributed by atoms with E-state index < -0.39 is 0 Å². The summed E-state index contributed by atoms with van der Waals surface area (Å²) >= 11 is 0. The van der Waals surface area contributed by atoms with E-state index in [4.69, 9.17) is 0 Å². The highest BCUT2D eigenvalue weighted by Crippen LogP contribution is 2.39. The smallest absolute Gasteiger partial charge is 0.0125 e. The molecule has 0 aromatic rings. The van der Waals surface area contributed by atoms with E-state index in [0.29, 0.717) is 11.0 Å². The molecule has 0 aromatic heterocycles. The van der Waals surface area contributed by atoms with Gasteiger partial charge in [0.25, 0.3) is 0 Å². The molecule has 2 heterocycles. The molecule has 1 spiro atoms. The molecule has 2 heteroatoms. The van der Waals surface area contributed by atoms with Crippen LogP contribution >= 0.6 is 0 Å². The average molecular weight is 224 g/mol. The van der Waals surface area contributed by atoms with Crippen molar-refractivity contribution in [1.82, 2.24) is 9.80 Å². The van der Waals surface area contributed by atoms with Gasteiger partial charge in [0.1, 0.15) is 0 Å². The highest BCUT2D eigenvalue weighted by Gasteiger charge is 2.40. The Morgan fingerprint density at radius 2 is 1.56 bits per heavy atom.